The molecule has 0 radical (unpaired) electrons. The summed E-state index contributed by atoms with van der Waals surface area (Å²) in [7, 11) is 3.23. The van der Waals surface area contributed by atoms with Gasteiger partial charge in [-0.3, -0.25) is 9.78 Å². The second kappa shape index (κ2) is 10.4. The lowest BCUT2D eigenvalue weighted by molar-refractivity contribution is 0.0755. The highest BCUT2D eigenvalue weighted by Gasteiger charge is 2.15. The number of methoxy groups -OCH3 is 2. The van der Waals surface area contributed by atoms with Gasteiger partial charge in [-0.05, 0) is 36.6 Å². The molecule has 0 bridgehead atoms. The van der Waals surface area contributed by atoms with Gasteiger partial charge in [-0.15, -0.1) is 0 Å². The van der Waals surface area contributed by atoms with Gasteiger partial charge < -0.3 is 19.7 Å². The third-order valence-corrected chi connectivity index (χ3v) is 4.20. The van der Waals surface area contributed by atoms with Crippen LogP contribution in [-0.4, -0.2) is 43.1 Å². The van der Waals surface area contributed by atoms with Crippen molar-refractivity contribution >= 4 is 11.6 Å². The number of nitrogens with one attached hydrogen (secondary N) is 1. The van der Waals surface area contributed by atoms with Crippen LogP contribution >= 0.6 is 0 Å². The molecule has 0 aliphatic heterocycles. The minimum absolute atomic E-state index is 0.0287. The summed E-state index contributed by atoms with van der Waals surface area (Å²) in [5.74, 6) is 1.41. The maximum Gasteiger partial charge on any atom is 0.255 e. The normalized spacial score (nSPS) is 10.4. The molecule has 0 unspecified atom stereocenters. The van der Waals surface area contributed by atoms with E-state index in [1.54, 1.807) is 26.6 Å². The van der Waals surface area contributed by atoms with E-state index >= 15 is 0 Å². The van der Waals surface area contributed by atoms with E-state index in [1.165, 1.54) is 0 Å². The fraction of sp³-hybridized carbons (Fsp3) is 0.429. The highest BCUT2D eigenvalue weighted by atomic mass is 16.5. The Balaban J connectivity index is 2.08. The molecule has 0 fully saturated rings. The zero-order chi connectivity index (χ0) is 19.6. The summed E-state index contributed by atoms with van der Waals surface area (Å²) in [6, 6.07) is 7.63. The predicted octanol–water partition coefficient (Wildman–Crippen LogP) is 3.97. The summed E-state index contributed by atoms with van der Waals surface area (Å²) in [5.41, 5.74) is 2.46. The van der Waals surface area contributed by atoms with Crippen LogP contribution in [0.4, 0.5) is 5.69 Å². The Hall–Kier alpha value is -2.76. The average molecular weight is 371 g/mol. The zero-order valence-corrected chi connectivity index (χ0v) is 16.6. The van der Waals surface area contributed by atoms with E-state index in [0.717, 1.165) is 37.2 Å². The molecule has 6 heteroatoms. The monoisotopic (exact) mass is 371 g/mol. The van der Waals surface area contributed by atoms with Gasteiger partial charge in [0, 0.05) is 32.0 Å². The Morgan fingerprint density at radius 2 is 1.74 bits per heavy atom. The van der Waals surface area contributed by atoms with Crippen LogP contribution in [0.5, 0.6) is 11.5 Å². The van der Waals surface area contributed by atoms with Crippen LogP contribution in [0.15, 0.2) is 36.7 Å². The minimum atomic E-state index is 0.0287. The number of amides is 1. The molecule has 2 rings (SSSR count). The standard InChI is InChI=1S/C21H29N3O3/c1-5-9-24(10-6-2)21(25)17-12-18(15-22-14-17)23-13-16-7-8-19(26-3)20(11-16)27-4/h7-8,11-12,14-15,23H,5-6,9-10,13H2,1-4H3. The first-order valence-electron chi connectivity index (χ1n) is 9.32. The summed E-state index contributed by atoms with van der Waals surface area (Å²) in [6.45, 7) is 6.27. The second-order valence-corrected chi connectivity index (χ2v) is 6.30. The largest absolute Gasteiger partial charge is 0.493 e. The lowest BCUT2D eigenvalue weighted by atomic mass is 10.2. The Bertz CT molecular complexity index is 743. The van der Waals surface area contributed by atoms with E-state index in [1.807, 2.05) is 29.2 Å². The van der Waals surface area contributed by atoms with Crippen molar-refractivity contribution in [3.63, 3.8) is 0 Å². The Morgan fingerprint density at radius 1 is 1.04 bits per heavy atom. The van der Waals surface area contributed by atoms with Crippen LogP contribution in [0.2, 0.25) is 0 Å². The third kappa shape index (κ3) is 5.61. The van der Waals surface area contributed by atoms with Crippen molar-refractivity contribution < 1.29 is 14.3 Å². The van der Waals surface area contributed by atoms with Crippen LogP contribution in [0, 0.1) is 0 Å². The molecule has 1 aromatic carbocycles. The number of hydrogen-bond donors (Lipinski definition) is 1. The van der Waals surface area contributed by atoms with Gasteiger partial charge in [-0.25, -0.2) is 0 Å². The number of aromatic nitrogens is 1. The van der Waals surface area contributed by atoms with Crippen LogP contribution in [0.1, 0.15) is 42.6 Å². The highest BCUT2D eigenvalue weighted by Crippen LogP contribution is 2.27. The van der Waals surface area contributed by atoms with Gasteiger partial charge in [-0.2, -0.15) is 0 Å². The SMILES string of the molecule is CCCN(CCC)C(=O)c1cncc(NCc2ccc(OC)c(OC)c2)c1. The quantitative estimate of drug-likeness (QED) is 0.684. The molecule has 1 N–H and O–H groups in total. The maximum atomic E-state index is 12.7. The van der Waals surface area contributed by atoms with Crippen LogP contribution in [0.25, 0.3) is 0 Å². The number of rotatable bonds is 10. The number of nitrogens with zero attached hydrogens (tertiary/aromatic N) is 2. The van der Waals surface area contributed by atoms with Gasteiger partial charge >= 0.3 is 0 Å². The van der Waals surface area contributed by atoms with E-state index < -0.39 is 0 Å². The molecule has 1 amide bonds. The number of carbonyl (C=O) groups excluding carboxylic acids is 1. The van der Waals surface area contributed by atoms with Crippen LogP contribution in [0.3, 0.4) is 0 Å². The molecule has 0 atom stereocenters. The highest BCUT2D eigenvalue weighted by molar-refractivity contribution is 5.94. The summed E-state index contributed by atoms with van der Waals surface area (Å²) < 4.78 is 10.6. The summed E-state index contributed by atoms with van der Waals surface area (Å²) >= 11 is 0. The third-order valence-electron chi connectivity index (χ3n) is 4.20. The maximum absolute atomic E-state index is 12.7. The van der Waals surface area contributed by atoms with Crippen molar-refractivity contribution in [1.29, 1.82) is 0 Å². The summed E-state index contributed by atoms with van der Waals surface area (Å²) in [5, 5.41) is 3.32. The van der Waals surface area contributed by atoms with Crippen molar-refractivity contribution in [3.05, 3.63) is 47.8 Å². The Morgan fingerprint density at radius 3 is 2.37 bits per heavy atom. The van der Waals surface area contributed by atoms with Gasteiger partial charge in [0.1, 0.15) is 0 Å². The molecule has 0 aliphatic carbocycles. The van der Waals surface area contributed by atoms with Crippen molar-refractivity contribution in [2.75, 3.05) is 32.6 Å². The second-order valence-electron chi connectivity index (χ2n) is 6.30. The van der Waals surface area contributed by atoms with Crippen LogP contribution < -0.4 is 14.8 Å². The first kappa shape index (κ1) is 20.6. The lowest BCUT2D eigenvalue weighted by Gasteiger charge is -2.21. The number of carbonyl (C=O) groups is 1. The van der Waals surface area contributed by atoms with Crippen molar-refractivity contribution in [3.8, 4) is 11.5 Å². The molecule has 0 spiro atoms. The first-order chi connectivity index (χ1) is 13.1. The Kier molecular flexibility index (Phi) is 7.92. The molecule has 146 valence electrons. The molecule has 0 aliphatic rings. The van der Waals surface area contributed by atoms with E-state index in [-0.39, 0.29) is 5.91 Å². The van der Waals surface area contributed by atoms with Gasteiger partial charge in [0.2, 0.25) is 0 Å². The lowest BCUT2D eigenvalue weighted by Crippen LogP contribution is -2.32. The van der Waals surface area contributed by atoms with E-state index in [4.69, 9.17) is 9.47 Å². The summed E-state index contributed by atoms with van der Waals surface area (Å²) in [4.78, 5) is 18.8. The number of benzene rings is 1. The smallest absolute Gasteiger partial charge is 0.255 e. The van der Waals surface area contributed by atoms with Gasteiger partial charge in [0.05, 0.1) is 25.5 Å². The first-order valence-corrected chi connectivity index (χ1v) is 9.32. The number of hydrogen-bond acceptors (Lipinski definition) is 5. The van der Waals surface area contributed by atoms with Crippen molar-refractivity contribution in [2.24, 2.45) is 0 Å². The molecular formula is C21H29N3O3. The Labute approximate surface area is 161 Å². The van der Waals surface area contributed by atoms with Gasteiger partial charge in [0.25, 0.3) is 5.91 Å². The molecule has 27 heavy (non-hydrogen) atoms. The minimum Gasteiger partial charge on any atom is -0.493 e. The van der Waals surface area contributed by atoms with Crippen molar-refractivity contribution in [1.82, 2.24) is 9.88 Å². The molecular weight excluding hydrogens is 342 g/mol. The number of ether oxygens (including phenoxy) is 2. The fourth-order valence-corrected chi connectivity index (χ4v) is 2.89. The van der Waals surface area contributed by atoms with Gasteiger partial charge in [-0.1, -0.05) is 19.9 Å². The van der Waals surface area contributed by atoms with Crippen molar-refractivity contribution in [2.45, 2.75) is 33.2 Å². The molecule has 1 aromatic heterocycles. The molecule has 0 saturated carbocycles. The average Bonchev–Trinajstić information content (AvgIpc) is 2.71. The van der Waals surface area contributed by atoms with E-state index in [9.17, 15) is 4.79 Å². The molecule has 1 heterocycles. The van der Waals surface area contributed by atoms with Crippen LogP contribution in [-0.2, 0) is 6.54 Å². The van der Waals surface area contributed by atoms with E-state index in [0.29, 0.717) is 23.6 Å². The number of anilines is 1. The number of pyridine rings is 1. The topological polar surface area (TPSA) is 63.7 Å². The fourth-order valence-electron chi connectivity index (χ4n) is 2.89. The zero-order valence-electron chi connectivity index (χ0n) is 16.6. The molecule has 6 nitrogen and oxygen atoms in total. The van der Waals surface area contributed by atoms with Gasteiger partial charge in [0.15, 0.2) is 11.5 Å². The summed E-state index contributed by atoms with van der Waals surface area (Å²) in [6.07, 6.45) is 5.23. The predicted molar refractivity (Wildman–Crippen MR) is 108 cm³/mol. The molecule has 2 aromatic rings. The molecule has 0 saturated heterocycles. The van der Waals surface area contributed by atoms with E-state index in [2.05, 4.69) is 24.1 Å².